The van der Waals surface area contributed by atoms with Gasteiger partial charge in [-0.2, -0.15) is 0 Å². The lowest BCUT2D eigenvalue weighted by Crippen LogP contribution is -2.24. The van der Waals surface area contributed by atoms with Crippen LogP contribution in [0.5, 0.6) is 0 Å². The van der Waals surface area contributed by atoms with E-state index in [1.54, 1.807) is 12.3 Å². The molecule has 0 radical (unpaired) electrons. The third kappa shape index (κ3) is 3.10. The van der Waals surface area contributed by atoms with E-state index in [0.717, 1.165) is 0 Å². The normalized spacial score (nSPS) is 11.1. The van der Waals surface area contributed by atoms with E-state index in [9.17, 15) is 4.79 Å². The molecule has 0 saturated carbocycles. The molecule has 0 aliphatic rings. The van der Waals surface area contributed by atoms with E-state index in [1.807, 2.05) is 20.8 Å². The zero-order valence-corrected chi connectivity index (χ0v) is 9.96. The molecule has 1 heterocycles. The van der Waals surface area contributed by atoms with E-state index in [4.69, 9.17) is 4.74 Å². The van der Waals surface area contributed by atoms with Crippen LogP contribution in [0.25, 0.3) is 0 Å². The van der Waals surface area contributed by atoms with Gasteiger partial charge in [0.25, 0.3) is 0 Å². The Morgan fingerprint density at radius 3 is 2.64 bits per heavy atom. The molecule has 4 heteroatoms. The van der Waals surface area contributed by atoms with E-state index < -0.39 is 5.60 Å². The number of nitrogens with zero attached hydrogens (tertiary/aromatic N) is 1. The van der Waals surface area contributed by atoms with Gasteiger partial charge in [0.2, 0.25) is 0 Å². The summed E-state index contributed by atoms with van der Waals surface area (Å²) in [5.41, 5.74) is -0.0331. The van der Waals surface area contributed by atoms with Crippen molar-refractivity contribution >= 4 is 21.9 Å². The van der Waals surface area contributed by atoms with Crippen LogP contribution < -0.4 is 0 Å². The van der Waals surface area contributed by atoms with E-state index in [0.29, 0.717) is 10.0 Å². The quantitative estimate of drug-likeness (QED) is 0.727. The first-order valence-corrected chi connectivity index (χ1v) is 5.02. The number of carbonyl (C=O) groups is 1. The van der Waals surface area contributed by atoms with Crippen molar-refractivity contribution < 1.29 is 9.53 Å². The molecule has 0 bridgehead atoms. The van der Waals surface area contributed by atoms with E-state index in [2.05, 4.69) is 20.9 Å². The van der Waals surface area contributed by atoms with Crippen molar-refractivity contribution in [2.24, 2.45) is 0 Å². The molecule has 76 valence electrons. The van der Waals surface area contributed by atoms with E-state index in [-0.39, 0.29) is 5.97 Å². The van der Waals surface area contributed by atoms with Crippen molar-refractivity contribution in [2.45, 2.75) is 26.4 Å². The first-order valence-electron chi connectivity index (χ1n) is 4.23. The molecule has 0 atom stereocenters. The van der Waals surface area contributed by atoms with Gasteiger partial charge in [-0.25, -0.2) is 4.79 Å². The van der Waals surface area contributed by atoms with Gasteiger partial charge in [0.15, 0.2) is 0 Å². The van der Waals surface area contributed by atoms with Gasteiger partial charge < -0.3 is 4.74 Å². The summed E-state index contributed by atoms with van der Waals surface area (Å²) in [6.07, 6.45) is 3.09. The maximum absolute atomic E-state index is 11.6. The second-order valence-electron chi connectivity index (χ2n) is 3.86. The Kier molecular flexibility index (Phi) is 3.26. The summed E-state index contributed by atoms with van der Waals surface area (Å²) in [7, 11) is 0. The van der Waals surface area contributed by atoms with Gasteiger partial charge in [-0.1, -0.05) is 0 Å². The number of hydrogen-bond donors (Lipinski definition) is 0. The number of aromatic nitrogens is 1. The minimum absolute atomic E-state index is 0.363. The molecule has 0 aliphatic carbocycles. The van der Waals surface area contributed by atoms with Gasteiger partial charge in [0.05, 0.1) is 5.56 Å². The maximum atomic E-state index is 11.6. The molecule has 1 aromatic heterocycles. The summed E-state index contributed by atoms with van der Waals surface area (Å²) in [5.74, 6) is -0.363. The van der Waals surface area contributed by atoms with Gasteiger partial charge in [-0.05, 0) is 42.8 Å². The summed E-state index contributed by atoms with van der Waals surface area (Å²) in [6.45, 7) is 5.49. The smallest absolute Gasteiger partial charge is 0.341 e. The highest BCUT2D eigenvalue weighted by molar-refractivity contribution is 9.10. The Labute approximate surface area is 91.6 Å². The Hall–Kier alpha value is -0.900. The topological polar surface area (TPSA) is 39.2 Å². The molecule has 0 aromatic carbocycles. The highest BCUT2D eigenvalue weighted by Crippen LogP contribution is 2.18. The van der Waals surface area contributed by atoms with Crippen molar-refractivity contribution in [1.82, 2.24) is 4.98 Å². The van der Waals surface area contributed by atoms with Crippen LogP contribution in [-0.2, 0) is 4.74 Å². The predicted octanol–water partition coefficient (Wildman–Crippen LogP) is 2.80. The molecule has 0 N–H and O–H groups in total. The predicted molar refractivity (Wildman–Crippen MR) is 57.1 cm³/mol. The number of ether oxygens (including phenoxy) is 1. The Morgan fingerprint density at radius 1 is 1.50 bits per heavy atom. The van der Waals surface area contributed by atoms with Crippen molar-refractivity contribution in [2.75, 3.05) is 0 Å². The lowest BCUT2D eigenvalue weighted by atomic mass is 10.2. The van der Waals surface area contributed by atoms with Crippen molar-refractivity contribution in [3.05, 3.63) is 28.5 Å². The fourth-order valence-corrected chi connectivity index (χ4v) is 1.24. The summed E-state index contributed by atoms with van der Waals surface area (Å²) in [5, 5.41) is 0. The fourth-order valence-electron chi connectivity index (χ4n) is 0.861. The number of hydrogen-bond acceptors (Lipinski definition) is 3. The number of carbonyl (C=O) groups excluding carboxylic acids is 1. The molecule has 1 rings (SSSR count). The largest absolute Gasteiger partial charge is 0.456 e. The fraction of sp³-hybridized carbons (Fsp3) is 0.400. The first-order chi connectivity index (χ1) is 6.40. The summed E-state index contributed by atoms with van der Waals surface area (Å²) in [4.78, 5) is 15.5. The summed E-state index contributed by atoms with van der Waals surface area (Å²) >= 11 is 3.26. The first kappa shape index (κ1) is 11.2. The second-order valence-corrected chi connectivity index (χ2v) is 4.71. The Bertz CT molecular complexity index is 344. The van der Waals surface area contributed by atoms with Gasteiger partial charge in [-0.3, -0.25) is 4.98 Å². The monoisotopic (exact) mass is 257 g/mol. The van der Waals surface area contributed by atoms with Gasteiger partial charge in [0, 0.05) is 16.9 Å². The van der Waals surface area contributed by atoms with Crippen LogP contribution >= 0.6 is 15.9 Å². The van der Waals surface area contributed by atoms with Crippen LogP contribution in [0.1, 0.15) is 31.1 Å². The standard InChI is InChI=1S/C10H12BrNO2/c1-10(2,3)14-9(13)7-6-12-5-4-8(7)11/h4-6H,1-3H3. The van der Waals surface area contributed by atoms with Gasteiger partial charge in [0.1, 0.15) is 5.60 Å². The van der Waals surface area contributed by atoms with Crippen LogP contribution in [0.15, 0.2) is 22.9 Å². The van der Waals surface area contributed by atoms with Crippen molar-refractivity contribution in [3.63, 3.8) is 0 Å². The van der Waals surface area contributed by atoms with Crippen LogP contribution in [0.4, 0.5) is 0 Å². The average Bonchev–Trinajstić information content (AvgIpc) is 2.01. The molecule has 1 aromatic rings. The zero-order valence-electron chi connectivity index (χ0n) is 8.37. The zero-order chi connectivity index (χ0) is 10.8. The molecule has 14 heavy (non-hydrogen) atoms. The minimum atomic E-state index is -0.480. The molecule has 0 fully saturated rings. The average molecular weight is 258 g/mol. The third-order valence-electron chi connectivity index (χ3n) is 1.39. The van der Waals surface area contributed by atoms with Crippen LogP contribution in [0.2, 0.25) is 0 Å². The van der Waals surface area contributed by atoms with E-state index >= 15 is 0 Å². The third-order valence-corrected chi connectivity index (χ3v) is 2.08. The molecule has 0 spiro atoms. The SMILES string of the molecule is CC(C)(C)OC(=O)c1cnccc1Br. The molecule has 0 amide bonds. The second kappa shape index (κ2) is 4.09. The highest BCUT2D eigenvalue weighted by atomic mass is 79.9. The Morgan fingerprint density at radius 2 is 2.14 bits per heavy atom. The molecule has 3 nitrogen and oxygen atoms in total. The van der Waals surface area contributed by atoms with Crippen LogP contribution in [0, 0.1) is 0 Å². The summed E-state index contributed by atoms with van der Waals surface area (Å²) in [6, 6.07) is 1.71. The Balaban J connectivity index is 2.86. The lowest BCUT2D eigenvalue weighted by Gasteiger charge is -2.19. The van der Waals surface area contributed by atoms with Crippen molar-refractivity contribution in [1.29, 1.82) is 0 Å². The minimum Gasteiger partial charge on any atom is -0.456 e. The number of pyridine rings is 1. The van der Waals surface area contributed by atoms with Crippen LogP contribution in [-0.4, -0.2) is 16.6 Å². The highest BCUT2D eigenvalue weighted by Gasteiger charge is 2.19. The molecule has 0 aliphatic heterocycles. The van der Waals surface area contributed by atoms with Gasteiger partial charge >= 0.3 is 5.97 Å². The molecular weight excluding hydrogens is 246 g/mol. The molecule has 0 unspecified atom stereocenters. The number of esters is 1. The maximum Gasteiger partial charge on any atom is 0.341 e. The molecular formula is C10H12BrNO2. The lowest BCUT2D eigenvalue weighted by molar-refractivity contribution is 0.00680. The molecule has 0 saturated heterocycles. The van der Waals surface area contributed by atoms with Crippen LogP contribution in [0.3, 0.4) is 0 Å². The van der Waals surface area contributed by atoms with Gasteiger partial charge in [-0.15, -0.1) is 0 Å². The van der Waals surface area contributed by atoms with E-state index in [1.165, 1.54) is 6.20 Å². The number of rotatable bonds is 1. The number of halogens is 1. The summed E-state index contributed by atoms with van der Waals surface area (Å²) < 4.78 is 5.89. The van der Waals surface area contributed by atoms with Crippen molar-refractivity contribution in [3.8, 4) is 0 Å².